The normalized spacial score (nSPS) is 22.1. The van der Waals surface area contributed by atoms with E-state index in [1.54, 1.807) is 6.07 Å². The van der Waals surface area contributed by atoms with Crippen LogP contribution < -0.4 is 5.32 Å². The highest BCUT2D eigenvalue weighted by Gasteiger charge is 2.32. The molecule has 5 heteroatoms. The Labute approximate surface area is 137 Å². The number of aromatic nitrogens is 1. The van der Waals surface area contributed by atoms with Gasteiger partial charge < -0.3 is 10.2 Å². The number of likely N-dealkylation sites (tertiary alicyclic amines) is 1. The number of piperidine rings is 1. The summed E-state index contributed by atoms with van der Waals surface area (Å²) in [7, 11) is 0. The zero-order valence-corrected chi connectivity index (χ0v) is 13.8. The zero-order chi connectivity index (χ0) is 16.2. The summed E-state index contributed by atoms with van der Waals surface area (Å²) in [6.07, 6.45) is 6.09. The molecule has 2 heterocycles. The summed E-state index contributed by atoms with van der Waals surface area (Å²) in [6, 6.07) is 5.59. The van der Waals surface area contributed by atoms with E-state index in [4.69, 9.17) is 0 Å². The highest BCUT2D eigenvalue weighted by Crippen LogP contribution is 2.28. The molecule has 124 valence electrons. The fourth-order valence-electron chi connectivity index (χ4n) is 3.66. The number of anilines is 1. The molecule has 0 bridgehead atoms. The number of amides is 2. The molecule has 1 aliphatic heterocycles. The second kappa shape index (κ2) is 7.11. The molecule has 1 unspecified atom stereocenters. The lowest BCUT2D eigenvalue weighted by Crippen LogP contribution is -2.45. The van der Waals surface area contributed by atoms with Gasteiger partial charge in [-0.25, -0.2) is 4.98 Å². The van der Waals surface area contributed by atoms with Crippen molar-refractivity contribution in [3.63, 3.8) is 0 Å². The smallest absolute Gasteiger partial charge is 0.230 e. The summed E-state index contributed by atoms with van der Waals surface area (Å²) in [5.41, 5.74) is 0.879. The van der Waals surface area contributed by atoms with Crippen LogP contribution in [0.15, 0.2) is 18.2 Å². The molecule has 0 spiro atoms. The van der Waals surface area contributed by atoms with Crippen LogP contribution in [-0.2, 0) is 9.59 Å². The topological polar surface area (TPSA) is 62.3 Å². The molecule has 2 aliphatic rings. The van der Waals surface area contributed by atoms with Crippen LogP contribution >= 0.6 is 0 Å². The summed E-state index contributed by atoms with van der Waals surface area (Å²) in [5.74, 6) is 0.890. The molecule has 23 heavy (non-hydrogen) atoms. The van der Waals surface area contributed by atoms with Crippen LogP contribution in [0.2, 0.25) is 0 Å². The van der Waals surface area contributed by atoms with Crippen molar-refractivity contribution in [1.82, 2.24) is 9.88 Å². The van der Waals surface area contributed by atoms with Gasteiger partial charge in [-0.3, -0.25) is 9.59 Å². The van der Waals surface area contributed by atoms with E-state index in [0.29, 0.717) is 12.4 Å². The molecular weight excluding hydrogens is 290 g/mol. The summed E-state index contributed by atoms with van der Waals surface area (Å²) in [4.78, 5) is 31.3. The monoisotopic (exact) mass is 315 g/mol. The van der Waals surface area contributed by atoms with Crippen LogP contribution in [-0.4, -0.2) is 34.8 Å². The van der Waals surface area contributed by atoms with E-state index in [1.807, 2.05) is 24.0 Å². The molecule has 2 fully saturated rings. The van der Waals surface area contributed by atoms with Gasteiger partial charge in [0.25, 0.3) is 0 Å². The van der Waals surface area contributed by atoms with Crippen molar-refractivity contribution in [3.8, 4) is 0 Å². The highest BCUT2D eigenvalue weighted by atomic mass is 16.2. The fraction of sp³-hybridized carbons (Fsp3) is 0.611. The first kappa shape index (κ1) is 16.0. The molecule has 2 amide bonds. The van der Waals surface area contributed by atoms with Crippen LogP contribution in [0, 0.1) is 18.8 Å². The number of rotatable bonds is 3. The SMILES string of the molecule is Cc1cccc(NC(=O)C2CCCN(C(=O)C3CCCC3)C2)n1. The van der Waals surface area contributed by atoms with Crippen LogP contribution in [0.3, 0.4) is 0 Å². The molecular formula is C18H25N3O2. The van der Waals surface area contributed by atoms with E-state index in [2.05, 4.69) is 10.3 Å². The van der Waals surface area contributed by atoms with Crippen molar-refractivity contribution in [2.45, 2.75) is 45.4 Å². The molecule has 1 N–H and O–H groups in total. The van der Waals surface area contributed by atoms with Gasteiger partial charge in [0.15, 0.2) is 0 Å². The Hall–Kier alpha value is -1.91. The first-order chi connectivity index (χ1) is 11.1. The number of pyridine rings is 1. The second-order valence-corrected chi connectivity index (χ2v) is 6.76. The van der Waals surface area contributed by atoms with Crippen molar-refractivity contribution in [2.75, 3.05) is 18.4 Å². The van der Waals surface area contributed by atoms with Gasteiger partial charge in [0.1, 0.15) is 5.82 Å². The number of nitrogens with zero attached hydrogens (tertiary/aromatic N) is 2. The molecule has 1 aliphatic carbocycles. The van der Waals surface area contributed by atoms with Gasteiger partial charge in [0.05, 0.1) is 5.92 Å². The number of hydrogen-bond acceptors (Lipinski definition) is 3. The van der Waals surface area contributed by atoms with Gasteiger partial charge in [0, 0.05) is 24.7 Å². The van der Waals surface area contributed by atoms with Crippen molar-refractivity contribution in [1.29, 1.82) is 0 Å². The van der Waals surface area contributed by atoms with Crippen LogP contribution in [0.25, 0.3) is 0 Å². The third-order valence-electron chi connectivity index (χ3n) is 4.95. The average molecular weight is 315 g/mol. The number of hydrogen-bond donors (Lipinski definition) is 1. The maximum atomic E-state index is 12.6. The number of nitrogens with one attached hydrogen (secondary N) is 1. The quantitative estimate of drug-likeness (QED) is 0.933. The first-order valence-corrected chi connectivity index (χ1v) is 8.67. The van der Waals surface area contributed by atoms with E-state index in [-0.39, 0.29) is 23.7 Å². The van der Waals surface area contributed by atoms with Gasteiger partial charge in [-0.05, 0) is 44.7 Å². The van der Waals surface area contributed by atoms with E-state index in [0.717, 1.165) is 50.8 Å². The van der Waals surface area contributed by atoms with E-state index in [1.165, 1.54) is 0 Å². The standard InChI is InChI=1S/C18H25N3O2/c1-13-6-4-10-16(19-13)20-17(22)15-9-5-11-21(12-15)18(23)14-7-2-3-8-14/h4,6,10,14-15H,2-3,5,7-9,11-12H2,1H3,(H,19,20,22). The molecule has 1 saturated heterocycles. The predicted octanol–water partition coefficient (Wildman–Crippen LogP) is 2.76. The minimum Gasteiger partial charge on any atom is -0.342 e. The summed E-state index contributed by atoms with van der Waals surface area (Å²) in [5, 5.41) is 2.89. The third kappa shape index (κ3) is 3.89. The minimum atomic E-state index is -0.128. The molecule has 1 aromatic rings. The lowest BCUT2D eigenvalue weighted by molar-refractivity contribution is -0.138. The summed E-state index contributed by atoms with van der Waals surface area (Å²) < 4.78 is 0. The molecule has 0 aromatic carbocycles. The number of carbonyl (C=O) groups is 2. The van der Waals surface area contributed by atoms with Crippen molar-refractivity contribution in [2.24, 2.45) is 11.8 Å². The van der Waals surface area contributed by atoms with Gasteiger partial charge in [0.2, 0.25) is 11.8 Å². The Morgan fingerprint density at radius 3 is 2.61 bits per heavy atom. The molecule has 1 atom stereocenters. The Balaban J connectivity index is 1.59. The first-order valence-electron chi connectivity index (χ1n) is 8.67. The molecule has 1 saturated carbocycles. The van der Waals surface area contributed by atoms with Crippen LogP contribution in [0.5, 0.6) is 0 Å². The molecule has 5 nitrogen and oxygen atoms in total. The van der Waals surface area contributed by atoms with Gasteiger partial charge in [-0.1, -0.05) is 18.9 Å². The molecule has 3 rings (SSSR count). The Morgan fingerprint density at radius 2 is 1.87 bits per heavy atom. The van der Waals surface area contributed by atoms with Crippen molar-refractivity contribution in [3.05, 3.63) is 23.9 Å². The highest BCUT2D eigenvalue weighted by molar-refractivity contribution is 5.92. The fourth-order valence-corrected chi connectivity index (χ4v) is 3.66. The zero-order valence-electron chi connectivity index (χ0n) is 13.8. The van der Waals surface area contributed by atoms with E-state index < -0.39 is 0 Å². The molecule has 1 aromatic heterocycles. The third-order valence-corrected chi connectivity index (χ3v) is 4.95. The number of aryl methyl sites for hydroxylation is 1. The second-order valence-electron chi connectivity index (χ2n) is 6.76. The van der Waals surface area contributed by atoms with Crippen LogP contribution in [0.1, 0.15) is 44.2 Å². The van der Waals surface area contributed by atoms with Gasteiger partial charge in [-0.2, -0.15) is 0 Å². The summed E-state index contributed by atoms with van der Waals surface area (Å²) in [6.45, 7) is 3.24. The number of carbonyl (C=O) groups excluding carboxylic acids is 2. The van der Waals surface area contributed by atoms with E-state index >= 15 is 0 Å². The van der Waals surface area contributed by atoms with Crippen molar-refractivity contribution >= 4 is 17.6 Å². The Kier molecular flexibility index (Phi) is 4.94. The summed E-state index contributed by atoms with van der Waals surface area (Å²) >= 11 is 0. The van der Waals surface area contributed by atoms with E-state index in [9.17, 15) is 9.59 Å². The Morgan fingerprint density at radius 1 is 1.13 bits per heavy atom. The largest absolute Gasteiger partial charge is 0.342 e. The predicted molar refractivity (Wildman–Crippen MR) is 88.9 cm³/mol. The van der Waals surface area contributed by atoms with Gasteiger partial charge in [-0.15, -0.1) is 0 Å². The van der Waals surface area contributed by atoms with Gasteiger partial charge >= 0.3 is 0 Å². The lowest BCUT2D eigenvalue weighted by Gasteiger charge is -2.33. The van der Waals surface area contributed by atoms with Crippen molar-refractivity contribution < 1.29 is 9.59 Å². The van der Waals surface area contributed by atoms with Crippen LogP contribution in [0.4, 0.5) is 5.82 Å². The average Bonchev–Trinajstić information content (AvgIpc) is 3.09. The maximum Gasteiger partial charge on any atom is 0.230 e. The molecule has 0 radical (unpaired) electrons. The Bertz CT molecular complexity index is 581. The lowest BCUT2D eigenvalue weighted by atomic mass is 9.95. The maximum absolute atomic E-state index is 12.6. The minimum absolute atomic E-state index is 0.0213.